The Morgan fingerprint density at radius 2 is 2.00 bits per heavy atom. The number of nitrogens with zero attached hydrogens (tertiary/aromatic N) is 3. The summed E-state index contributed by atoms with van der Waals surface area (Å²) in [4.78, 5) is 16.9. The zero-order valence-corrected chi connectivity index (χ0v) is 18.0. The molecule has 4 rings (SSSR count). The lowest BCUT2D eigenvalue weighted by molar-refractivity contribution is -0.120. The van der Waals surface area contributed by atoms with E-state index in [9.17, 15) is 4.79 Å². The van der Waals surface area contributed by atoms with Gasteiger partial charge in [-0.2, -0.15) is 5.10 Å². The van der Waals surface area contributed by atoms with Gasteiger partial charge in [0.05, 0.1) is 11.2 Å². The first-order valence-corrected chi connectivity index (χ1v) is 9.76. The van der Waals surface area contributed by atoms with Crippen molar-refractivity contribution in [3.05, 3.63) is 29.2 Å². The topological polar surface area (TPSA) is 85.8 Å². The number of halogens is 3. The van der Waals surface area contributed by atoms with Crippen LogP contribution in [0.3, 0.4) is 0 Å². The molecule has 2 atom stereocenters. The molecule has 2 aromatic heterocycles. The number of carbonyl (C=O) groups is 1. The van der Waals surface area contributed by atoms with Gasteiger partial charge in [-0.3, -0.25) is 9.48 Å². The standard InChI is InChI=1S/C19H24ClN5O.2ClH/c20-16-11-22-18(24-19(26)12-4-3-5-13(21)8-12)9-14(16)15-10-23-25-7-2-1-6-17(15)25;;/h9-13H,1-8,21H2,(H,22,24,26);2*1H/t12-,13+;;/m1../s1. The number of rotatable bonds is 3. The molecule has 1 saturated carbocycles. The summed E-state index contributed by atoms with van der Waals surface area (Å²) >= 11 is 6.41. The van der Waals surface area contributed by atoms with Crippen molar-refractivity contribution in [2.75, 3.05) is 5.32 Å². The lowest BCUT2D eigenvalue weighted by Crippen LogP contribution is -2.34. The van der Waals surface area contributed by atoms with Crippen LogP contribution >= 0.6 is 36.4 Å². The van der Waals surface area contributed by atoms with Crippen LogP contribution in [0.1, 0.15) is 44.2 Å². The Kier molecular flexibility index (Phi) is 8.13. The predicted octanol–water partition coefficient (Wildman–Crippen LogP) is 4.23. The summed E-state index contributed by atoms with van der Waals surface area (Å²) in [6, 6.07) is 1.97. The number of pyridine rings is 1. The predicted molar refractivity (Wildman–Crippen MR) is 116 cm³/mol. The fourth-order valence-electron chi connectivity index (χ4n) is 4.05. The van der Waals surface area contributed by atoms with E-state index in [1.807, 2.05) is 12.3 Å². The fraction of sp³-hybridized carbons (Fsp3) is 0.526. The molecule has 6 nitrogen and oxygen atoms in total. The number of carbonyl (C=O) groups excluding carboxylic acids is 1. The van der Waals surface area contributed by atoms with Crippen molar-refractivity contribution in [2.24, 2.45) is 11.7 Å². The molecule has 0 unspecified atom stereocenters. The van der Waals surface area contributed by atoms with E-state index >= 15 is 0 Å². The molecule has 1 aliphatic heterocycles. The van der Waals surface area contributed by atoms with Gasteiger partial charge in [0, 0.05) is 41.5 Å². The first kappa shape index (κ1) is 22.9. The highest BCUT2D eigenvalue weighted by atomic mass is 35.5. The van der Waals surface area contributed by atoms with Crippen LogP contribution in [0.4, 0.5) is 5.82 Å². The van der Waals surface area contributed by atoms with Crippen molar-refractivity contribution < 1.29 is 4.79 Å². The third-order valence-electron chi connectivity index (χ3n) is 5.46. The Morgan fingerprint density at radius 1 is 1.18 bits per heavy atom. The summed E-state index contributed by atoms with van der Waals surface area (Å²) in [5, 5.41) is 8.01. The van der Waals surface area contributed by atoms with E-state index in [2.05, 4.69) is 20.1 Å². The van der Waals surface area contributed by atoms with Crippen LogP contribution in [0.5, 0.6) is 0 Å². The molecule has 28 heavy (non-hydrogen) atoms. The highest BCUT2D eigenvalue weighted by molar-refractivity contribution is 6.33. The maximum atomic E-state index is 12.6. The van der Waals surface area contributed by atoms with Crippen molar-refractivity contribution in [2.45, 2.75) is 57.5 Å². The molecule has 2 aliphatic rings. The molecule has 3 N–H and O–H groups in total. The molecule has 154 valence electrons. The second kappa shape index (κ2) is 9.92. The third kappa shape index (κ3) is 4.79. The number of aryl methyl sites for hydroxylation is 1. The van der Waals surface area contributed by atoms with Gasteiger partial charge in [-0.05, 0) is 44.6 Å². The number of hydrogen-bond acceptors (Lipinski definition) is 4. The largest absolute Gasteiger partial charge is 0.328 e. The second-order valence-electron chi connectivity index (χ2n) is 7.35. The molecular formula is C19H26Cl3N5O. The normalized spacial score (nSPS) is 21.1. The summed E-state index contributed by atoms with van der Waals surface area (Å²) < 4.78 is 2.05. The van der Waals surface area contributed by atoms with Gasteiger partial charge in [-0.15, -0.1) is 24.8 Å². The van der Waals surface area contributed by atoms with Crippen LogP contribution in [0.25, 0.3) is 11.1 Å². The van der Waals surface area contributed by atoms with Crippen LogP contribution < -0.4 is 11.1 Å². The molecule has 3 heterocycles. The highest BCUT2D eigenvalue weighted by Gasteiger charge is 2.26. The Labute approximate surface area is 182 Å². The van der Waals surface area contributed by atoms with E-state index in [1.165, 1.54) is 5.69 Å². The smallest absolute Gasteiger partial charge is 0.228 e. The number of hydrogen-bond donors (Lipinski definition) is 2. The number of nitrogens with two attached hydrogens (primary N) is 1. The van der Waals surface area contributed by atoms with E-state index < -0.39 is 0 Å². The molecule has 1 amide bonds. The Hall–Kier alpha value is -1.34. The van der Waals surface area contributed by atoms with Crippen molar-refractivity contribution in [3.63, 3.8) is 0 Å². The monoisotopic (exact) mass is 445 g/mol. The number of nitrogens with one attached hydrogen (secondary N) is 1. The van der Waals surface area contributed by atoms with Gasteiger partial charge in [0.15, 0.2) is 0 Å². The fourth-order valence-corrected chi connectivity index (χ4v) is 4.26. The zero-order valence-electron chi connectivity index (χ0n) is 15.6. The molecule has 2 aromatic rings. The lowest BCUT2D eigenvalue weighted by Gasteiger charge is -2.25. The summed E-state index contributed by atoms with van der Waals surface area (Å²) in [7, 11) is 0. The number of fused-ring (bicyclic) bond motifs is 1. The van der Waals surface area contributed by atoms with Gasteiger partial charge in [-0.1, -0.05) is 18.0 Å². The molecule has 1 fully saturated rings. The first-order chi connectivity index (χ1) is 12.6. The quantitative estimate of drug-likeness (QED) is 0.738. The molecule has 1 aliphatic carbocycles. The maximum Gasteiger partial charge on any atom is 0.228 e. The van der Waals surface area contributed by atoms with Gasteiger partial charge >= 0.3 is 0 Å². The van der Waals surface area contributed by atoms with Gasteiger partial charge in [0.2, 0.25) is 5.91 Å². The molecule has 0 spiro atoms. The van der Waals surface area contributed by atoms with Gasteiger partial charge in [-0.25, -0.2) is 4.98 Å². The van der Waals surface area contributed by atoms with E-state index in [1.54, 1.807) is 6.20 Å². The van der Waals surface area contributed by atoms with Gasteiger partial charge < -0.3 is 11.1 Å². The number of anilines is 1. The molecule has 0 radical (unpaired) electrons. The average Bonchev–Trinajstić information content (AvgIpc) is 3.07. The average molecular weight is 447 g/mol. The van der Waals surface area contributed by atoms with Crippen LogP contribution in [-0.4, -0.2) is 26.7 Å². The summed E-state index contributed by atoms with van der Waals surface area (Å²) in [5.41, 5.74) is 9.13. The third-order valence-corrected chi connectivity index (χ3v) is 5.77. The van der Waals surface area contributed by atoms with E-state index in [0.717, 1.165) is 62.6 Å². The SMILES string of the molecule is Cl.Cl.N[C@H]1CCC[C@@H](C(=O)Nc2cc(-c3cnn4c3CCCC4)c(Cl)cn2)C1. The van der Waals surface area contributed by atoms with Crippen molar-refractivity contribution in [1.29, 1.82) is 0 Å². The maximum absolute atomic E-state index is 12.6. The summed E-state index contributed by atoms with van der Waals surface area (Å²) in [5.74, 6) is 0.492. The zero-order chi connectivity index (χ0) is 18.1. The van der Waals surface area contributed by atoms with Crippen molar-refractivity contribution in [1.82, 2.24) is 14.8 Å². The van der Waals surface area contributed by atoms with Gasteiger partial charge in [0.1, 0.15) is 5.82 Å². The van der Waals surface area contributed by atoms with E-state index in [4.69, 9.17) is 17.3 Å². The highest BCUT2D eigenvalue weighted by Crippen LogP contribution is 2.34. The minimum absolute atomic E-state index is 0. The van der Waals surface area contributed by atoms with Crippen LogP contribution in [0.2, 0.25) is 5.02 Å². The summed E-state index contributed by atoms with van der Waals surface area (Å²) in [6.45, 7) is 0.948. The molecule has 0 saturated heterocycles. The number of aromatic nitrogens is 3. The molecule has 9 heteroatoms. The van der Waals surface area contributed by atoms with E-state index in [0.29, 0.717) is 10.8 Å². The molecule has 0 aromatic carbocycles. The van der Waals surface area contributed by atoms with Crippen LogP contribution in [0, 0.1) is 5.92 Å². The van der Waals surface area contributed by atoms with Crippen molar-refractivity contribution in [3.8, 4) is 11.1 Å². The summed E-state index contributed by atoms with van der Waals surface area (Å²) in [6.07, 6.45) is 10.4. The van der Waals surface area contributed by atoms with Crippen molar-refractivity contribution >= 4 is 48.1 Å². The van der Waals surface area contributed by atoms with Crippen LogP contribution in [-0.2, 0) is 17.8 Å². The first-order valence-electron chi connectivity index (χ1n) is 9.39. The lowest BCUT2D eigenvalue weighted by atomic mass is 9.85. The van der Waals surface area contributed by atoms with E-state index in [-0.39, 0.29) is 42.7 Å². The Bertz CT molecular complexity index is 826. The molecule has 0 bridgehead atoms. The van der Waals surface area contributed by atoms with Crippen LogP contribution in [0.15, 0.2) is 18.5 Å². The van der Waals surface area contributed by atoms with Gasteiger partial charge in [0.25, 0.3) is 0 Å². The Morgan fingerprint density at radius 3 is 2.79 bits per heavy atom. The second-order valence-corrected chi connectivity index (χ2v) is 7.75. The minimum Gasteiger partial charge on any atom is -0.328 e. The Balaban J connectivity index is 0.00000140. The molecular weight excluding hydrogens is 421 g/mol. The minimum atomic E-state index is -0.0383. The number of amides is 1.